The fourth-order valence-electron chi connectivity index (χ4n) is 4.01. The van der Waals surface area contributed by atoms with E-state index >= 15 is 0 Å². The van der Waals surface area contributed by atoms with Crippen molar-refractivity contribution in [3.63, 3.8) is 0 Å². The number of carbonyl (C=O) groups is 1. The lowest BCUT2D eigenvalue weighted by atomic mass is 9.95. The molecule has 4 nitrogen and oxygen atoms in total. The summed E-state index contributed by atoms with van der Waals surface area (Å²) in [5.41, 5.74) is 4.49. The molecule has 1 saturated carbocycles. The van der Waals surface area contributed by atoms with Crippen molar-refractivity contribution in [3.8, 4) is 0 Å². The van der Waals surface area contributed by atoms with Crippen LogP contribution in [0.5, 0.6) is 0 Å². The Morgan fingerprint density at radius 1 is 1.12 bits per heavy atom. The van der Waals surface area contributed by atoms with Crippen molar-refractivity contribution in [3.05, 3.63) is 58.4 Å². The minimum Gasteiger partial charge on any atom is -0.478 e. The van der Waals surface area contributed by atoms with Gasteiger partial charge in [0, 0.05) is 36.1 Å². The first-order valence-corrected chi connectivity index (χ1v) is 9.27. The zero-order valence-electron chi connectivity index (χ0n) is 15.2. The van der Waals surface area contributed by atoms with Crippen LogP contribution >= 0.6 is 0 Å². The van der Waals surface area contributed by atoms with E-state index in [9.17, 15) is 9.90 Å². The topological polar surface area (TPSA) is 54.3 Å². The predicted octanol–water partition coefficient (Wildman–Crippen LogP) is 4.27. The fraction of sp³-hybridized carbons (Fsp3) is 0.476. The number of nitrogens with one attached hydrogen (secondary N) is 1. The molecule has 25 heavy (non-hydrogen) atoms. The van der Waals surface area contributed by atoms with Crippen LogP contribution in [0.15, 0.2) is 30.3 Å². The summed E-state index contributed by atoms with van der Waals surface area (Å²) >= 11 is 0. The number of aromatic carboxylic acids is 1. The van der Waals surface area contributed by atoms with E-state index in [1.165, 1.54) is 37.7 Å². The molecule has 0 amide bonds. The van der Waals surface area contributed by atoms with Gasteiger partial charge in [0.15, 0.2) is 0 Å². The second-order valence-corrected chi connectivity index (χ2v) is 7.12. The molecule has 2 N–H and O–H groups in total. The van der Waals surface area contributed by atoms with Gasteiger partial charge in [0.1, 0.15) is 0 Å². The van der Waals surface area contributed by atoms with E-state index in [4.69, 9.17) is 0 Å². The molecule has 1 aromatic heterocycles. The largest absolute Gasteiger partial charge is 0.478 e. The van der Waals surface area contributed by atoms with Gasteiger partial charge < -0.3 is 15.0 Å². The predicted molar refractivity (Wildman–Crippen MR) is 100 cm³/mol. The summed E-state index contributed by atoms with van der Waals surface area (Å²) in [7, 11) is 0. The summed E-state index contributed by atoms with van der Waals surface area (Å²) in [6.07, 6.45) is 6.27. The van der Waals surface area contributed by atoms with E-state index in [2.05, 4.69) is 22.0 Å². The molecule has 3 rings (SSSR count). The Bertz CT molecular complexity index is 728. The molecule has 4 heteroatoms. The maximum Gasteiger partial charge on any atom is 0.337 e. The van der Waals surface area contributed by atoms with Crippen LogP contribution in [0.2, 0.25) is 0 Å². The minimum atomic E-state index is -0.826. The summed E-state index contributed by atoms with van der Waals surface area (Å²) in [6, 6.07) is 10.7. The first-order chi connectivity index (χ1) is 12.1. The minimum absolute atomic E-state index is 0.469. The van der Waals surface area contributed by atoms with Crippen molar-refractivity contribution < 1.29 is 9.90 Å². The molecule has 0 atom stereocenters. The van der Waals surface area contributed by atoms with Gasteiger partial charge in [0.2, 0.25) is 0 Å². The molecule has 0 radical (unpaired) electrons. The molecule has 2 aromatic rings. The van der Waals surface area contributed by atoms with E-state index in [0.717, 1.165) is 17.0 Å². The van der Waals surface area contributed by atoms with Crippen LogP contribution < -0.4 is 5.32 Å². The maximum atomic E-state index is 11.9. The van der Waals surface area contributed by atoms with Crippen LogP contribution in [-0.2, 0) is 13.1 Å². The Morgan fingerprint density at radius 3 is 2.44 bits per heavy atom. The molecule has 1 aromatic carbocycles. The Hall–Kier alpha value is -2.07. The average molecular weight is 340 g/mol. The van der Waals surface area contributed by atoms with Gasteiger partial charge in [-0.2, -0.15) is 0 Å². The van der Waals surface area contributed by atoms with Crippen molar-refractivity contribution >= 4 is 5.97 Å². The van der Waals surface area contributed by atoms with Gasteiger partial charge in [-0.1, -0.05) is 49.6 Å². The second-order valence-electron chi connectivity index (χ2n) is 7.12. The molecule has 1 aliphatic carbocycles. The highest BCUT2D eigenvalue weighted by Crippen LogP contribution is 2.25. The SMILES string of the molecule is Cc1c(CNC2CCCCC2)c(C(=O)O)c(C)n1Cc1ccccc1. The standard InChI is InChI=1S/C21H28N2O2/c1-15-19(13-22-18-11-7-4-8-12-18)20(21(24)25)16(2)23(15)14-17-9-5-3-6-10-17/h3,5-6,9-10,18,22H,4,7-8,11-14H2,1-2H3,(H,24,25). The van der Waals surface area contributed by atoms with Crippen molar-refractivity contribution in [2.45, 2.75) is 65.1 Å². The van der Waals surface area contributed by atoms with Crippen molar-refractivity contribution in [2.24, 2.45) is 0 Å². The van der Waals surface area contributed by atoms with Crippen LogP contribution in [0.25, 0.3) is 0 Å². The number of carboxylic acids is 1. The molecule has 0 saturated heterocycles. The zero-order valence-corrected chi connectivity index (χ0v) is 15.2. The third-order valence-electron chi connectivity index (χ3n) is 5.48. The molecule has 0 bridgehead atoms. The molecule has 1 heterocycles. The number of aromatic nitrogens is 1. The van der Waals surface area contributed by atoms with E-state index in [1.807, 2.05) is 32.0 Å². The number of benzene rings is 1. The molecule has 0 aliphatic heterocycles. The summed E-state index contributed by atoms with van der Waals surface area (Å²) in [4.78, 5) is 11.9. The highest BCUT2D eigenvalue weighted by Gasteiger charge is 2.23. The molecule has 1 aliphatic rings. The number of rotatable bonds is 6. The lowest BCUT2D eigenvalue weighted by Crippen LogP contribution is -2.31. The number of nitrogens with zero attached hydrogens (tertiary/aromatic N) is 1. The number of hydrogen-bond acceptors (Lipinski definition) is 2. The molecule has 0 spiro atoms. The lowest BCUT2D eigenvalue weighted by Gasteiger charge is -2.23. The first-order valence-electron chi connectivity index (χ1n) is 9.27. The van der Waals surface area contributed by atoms with Gasteiger partial charge in [0.25, 0.3) is 0 Å². The van der Waals surface area contributed by atoms with Crippen LogP contribution in [0, 0.1) is 13.8 Å². The Labute approximate surface area is 149 Å². The van der Waals surface area contributed by atoms with Gasteiger partial charge in [-0.3, -0.25) is 0 Å². The molecule has 134 valence electrons. The highest BCUT2D eigenvalue weighted by atomic mass is 16.4. The van der Waals surface area contributed by atoms with E-state index in [1.54, 1.807) is 0 Å². The number of hydrogen-bond donors (Lipinski definition) is 2. The highest BCUT2D eigenvalue weighted by molar-refractivity contribution is 5.91. The average Bonchev–Trinajstić information content (AvgIpc) is 2.86. The molecule has 1 fully saturated rings. The van der Waals surface area contributed by atoms with Crippen LogP contribution in [0.1, 0.15) is 65.0 Å². The van der Waals surface area contributed by atoms with Gasteiger partial charge in [-0.25, -0.2) is 4.79 Å². The summed E-state index contributed by atoms with van der Waals surface area (Å²) in [5, 5.41) is 13.3. The zero-order chi connectivity index (χ0) is 17.8. The number of carboxylic acid groups (broad SMARTS) is 1. The summed E-state index contributed by atoms with van der Waals surface area (Å²) < 4.78 is 2.14. The Balaban J connectivity index is 1.85. The molecular weight excluding hydrogens is 312 g/mol. The van der Waals surface area contributed by atoms with Gasteiger partial charge in [-0.05, 0) is 32.3 Å². The van der Waals surface area contributed by atoms with Gasteiger partial charge >= 0.3 is 5.97 Å². The van der Waals surface area contributed by atoms with Crippen molar-refractivity contribution in [1.82, 2.24) is 9.88 Å². The van der Waals surface area contributed by atoms with Gasteiger partial charge in [0.05, 0.1) is 5.56 Å². The third kappa shape index (κ3) is 3.96. The van der Waals surface area contributed by atoms with Crippen LogP contribution in [-0.4, -0.2) is 21.7 Å². The Kier molecular flexibility index (Phi) is 5.59. The molecular formula is C21H28N2O2. The third-order valence-corrected chi connectivity index (χ3v) is 5.48. The lowest BCUT2D eigenvalue weighted by molar-refractivity contribution is 0.0694. The molecule has 0 unspecified atom stereocenters. The van der Waals surface area contributed by atoms with Gasteiger partial charge in [-0.15, -0.1) is 0 Å². The second kappa shape index (κ2) is 7.87. The quantitative estimate of drug-likeness (QED) is 0.825. The van der Waals surface area contributed by atoms with E-state index in [-0.39, 0.29) is 0 Å². The fourth-order valence-corrected chi connectivity index (χ4v) is 4.01. The Morgan fingerprint density at radius 2 is 1.80 bits per heavy atom. The van der Waals surface area contributed by atoms with E-state index in [0.29, 0.717) is 24.7 Å². The first kappa shape index (κ1) is 17.7. The van der Waals surface area contributed by atoms with E-state index < -0.39 is 5.97 Å². The van der Waals surface area contributed by atoms with Crippen LogP contribution in [0.3, 0.4) is 0 Å². The smallest absolute Gasteiger partial charge is 0.337 e. The van der Waals surface area contributed by atoms with Crippen molar-refractivity contribution in [2.75, 3.05) is 0 Å². The maximum absolute atomic E-state index is 11.9. The monoisotopic (exact) mass is 340 g/mol. The van der Waals surface area contributed by atoms with Crippen LogP contribution in [0.4, 0.5) is 0 Å². The summed E-state index contributed by atoms with van der Waals surface area (Å²) in [5.74, 6) is -0.826. The summed E-state index contributed by atoms with van der Waals surface area (Å²) in [6.45, 7) is 5.31. The normalized spacial score (nSPS) is 15.4. The van der Waals surface area contributed by atoms with Crippen molar-refractivity contribution in [1.29, 1.82) is 0 Å².